The number of anilines is 1. The first-order valence-electron chi connectivity index (χ1n) is 12.6. The Morgan fingerprint density at radius 3 is 2.44 bits per heavy atom. The average molecular weight is 480 g/mol. The fraction of sp³-hybridized carbons (Fsp3) is 0.600. The number of rotatable bonds is 5. The molecule has 180 valence electrons. The zero-order chi connectivity index (χ0) is 23.2. The van der Waals surface area contributed by atoms with Gasteiger partial charge in [-0.25, -0.2) is 9.97 Å². The van der Waals surface area contributed by atoms with Crippen LogP contribution in [0.5, 0.6) is 0 Å². The number of nitrogens with zero attached hydrogens (tertiary/aromatic N) is 7. The van der Waals surface area contributed by atoms with Crippen LogP contribution in [0.15, 0.2) is 11.6 Å². The van der Waals surface area contributed by atoms with Crippen LogP contribution in [0.1, 0.15) is 49.2 Å². The van der Waals surface area contributed by atoms with Crippen molar-refractivity contribution in [3.8, 4) is 5.82 Å². The van der Waals surface area contributed by atoms with Crippen molar-refractivity contribution in [3.63, 3.8) is 0 Å². The van der Waals surface area contributed by atoms with Crippen molar-refractivity contribution >= 4 is 33.4 Å². The second-order valence-electron chi connectivity index (χ2n) is 10.0. The minimum atomic E-state index is 0.311. The monoisotopic (exact) mass is 479 g/mol. The molecule has 6 rings (SSSR count). The molecule has 3 aromatic rings. The molecule has 0 aromatic carbocycles. The summed E-state index contributed by atoms with van der Waals surface area (Å²) in [5.74, 6) is 3.42. The first-order valence-corrected chi connectivity index (χ1v) is 13.5. The van der Waals surface area contributed by atoms with Crippen LogP contribution < -0.4 is 4.90 Å². The van der Waals surface area contributed by atoms with Gasteiger partial charge in [-0.3, -0.25) is 14.3 Å². The maximum atomic E-state index is 12.4. The van der Waals surface area contributed by atoms with E-state index in [1.165, 1.54) is 24.8 Å². The van der Waals surface area contributed by atoms with E-state index in [9.17, 15) is 4.79 Å². The highest BCUT2D eigenvalue weighted by Crippen LogP contribution is 2.34. The Kier molecular flexibility index (Phi) is 5.77. The lowest BCUT2D eigenvalue weighted by atomic mass is 10.1. The molecule has 0 bridgehead atoms. The lowest BCUT2D eigenvalue weighted by Gasteiger charge is -2.34. The maximum Gasteiger partial charge on any atom is 0.227 e. The predicted molar refractivity (Wildman–Crippen MR) is 135 cm³/mol. The molecule has 2 aliphatic heterocycles. The van der Waals surface area contributed by atoms with E-state index in [4.69, 9.17) is 9.97 Å². The number of fused-ring (bicyclic) bond motifs is 1. The number of piperazine rings is 1. The molecule has 0 atom stereocenters. The summed E-state index contributed by atoms with van der Waals surface area (Å²) < 4.78 is 3.24. The Morgan fingerprint density at radius 2 is 1.76 bits per heavy atom. The molecule has 3 aromatic heterocycles. The van der Waals surface area contributed by atoms with Crippen molar-refractivity contribution in [1.29, 1.82) is 0 Å². The fourth-order valence-electron chi connectivity index (χ4n) is 5.24. The maximum absolute atomic E-state index is 12.4. The number of imidazole rings is 1. The van der Waals surface area contributed by atoms with Gasteiger partial charge in [-0.05, 0) is 51.3 Å². The van der Waals surface area contributed by atoms with Gasteiger partial charge in [0.25, 0.3) is 0 Å². The van der Waals surface area contributed by atoms with E-state index < -0.39 is 0 Å². The first kappa shape index (κ1) is 22.0. The van der Waals surface area contributed by atoms with Gasteiger partial charge >= 0.3 is 0 Å². The topological polar surface area (TPSA) is 70.4 Å². The quantitative estimate of drug-likeness (QED) is 0.558. The Balaban J connectivity index is 1.30. The van der Waals surface area contributed by atoms with Crippen LogP contribution >= 0.6 is 11.3 Å². The third-order valence-corrected chi connectivity index (χ3v) is 8.35. The highest BCUT2D eigenvalue weighted by molar-refractivity contribution is 7.17. The molecule has 0 radical (unpaired) electrons. The minimum absolute atomic E-state index is 0.311. The third kappa shape index (κ3) is 4.20. The number of aromatic nitrogens is 4. The van der Waals surface area contributed by atoms with Crippen molar-refractivity contribution in [2.24, 2.45) is 5.92 Å². The van der Waals surface area contributed by atoms with Crippen LogP contribution in [0.25, 0.3) is 16.0 Å². The molecule has 3 aliphatic rings. The van der Waals surface area contributed by atoms with Gasteiger partial charge in [-0.1, -0.05) is 0 Å². The summed E-state index contributed by atoms with van der Waals surface area (Å²) in [6.45, 7) is 10.5. The van der Waals surface area contributed by atoms with E-state index in [2.05, 4.69) is 35.8 Å². The molecule has 1 aliphatic carbocycles. The molecule has 0 spiro atoms. The van der Waals surface area contributed by atoms with Crippen molar-refractivity contribution in [2.75, 3.05) is 44.2 Å². The second kappa shape index (κ2) is 8.92. The van der Waals surface area contributed by atoms with E-state index in [0.717, 1.165) is 92.2 Å². The summed E-state index contributed by atoms with van der Waals surface area (Å²) >= 11 is 1.73. The van der Waals surface area contributed by atoms with Crippen molar-refractivity contribution in [1.82, 2.24) is 29.3 Å². The summed E-state index contributed by atoms with van der Waals surface area (Å²) in [7, 11) is 0. The van der Waals surface area contributed by atoms with Crippen LogP contribution in [0, 0.1) is 19.8 Å². The van der Waals surface area contributed by atoms with Crippen LogP contribution in [0.4, 0.5) is 5.95 Å². The molecular formula is C25H33N7OS. The van der Waals surface area contributed by atoms with E-state index in [-0.39, 0.29) is 0 Å². The zero-order valence-electron chi connectivity index (χ0n) is 20.2. The van der Waals surface area contributed by atoms with E-state index in [1.54, 1.807) is 11.3 Å². The van der Waals surface area contributed by atoms with E-state index in [0.29, 0.717) is 11.8 Å². The minimum Gasteiger partial charge on any atom is -0.341 e. The zero-order valence-corrected chi connectivity index (χ0v) is 21.0. The smallest absolute Gasteiger partial charge is 0.227 e. The molecule has 1 amide bonds. The van der Waals surface area contributed by atoms with Gasteiger partial charge in [-0.15, -0.1) is 11.3 Å². The van der Waals surface area contributed by atoms with Gasteiger partial charge in [0, 0.05) is 63.5 Å². The summed E-state index contributed by atoms with van der Waals surface area (Å²) in [4.78, 5) is 34.1. The highest BCUT2D eigenvalue weighted by Gasteiger charge is 2.34. The molecule has 34 heavy (non-hydrogen) atoms. The first-order chi connectivity index (χ1) is 16.6. The molecule has 8 nitrogen and oxygen atoms in total. The van der Waals surface area contributed by atoms with Gasteiger partial charge in [0.15, 0.2) is 5.82 Å². The molecule has 9 heteroatoms. The Hall–Kier alpha value is -2.52. The van der Waals surface area contributed by atoms with E-state index in [1.807, 2.05) is 13.8 Å². The number of thiophene rings is 1. The molecule has 3 fully saturated rings. The van der Waals surface area contributed by atoms with Gasteiger partial charge < -0.3 is 9.80 Å². The lowest BCUT2D eigenvalue weighted by molar-refractivity contribution is -0.134. The van der Waals surface area contributed by atoms with Crippen LogP contribution in [0.2, 0.25) is 0 Å². The highest BCUT2D eigenvalue weighted by atomic mass is 32.1. The molecule has 0 unspecified atom stereocenters. The Morgan fingerprint density at radius 1 is 1.00 bits per heavy atom. The second-order valence-corrected chi connectivity index (χ2v) is 10.9. The van der Waals surface area contributed by atoms with Gasteiger partial charge in [0.2, 0.25) is 11.9 Å². The number of aryl methyl sites for hydroxylation is 2. The van der Waals surface area contributed by atoms with Crippen molar-refractivity contribution in [2.45, 2.75) is 52.5 Å². The molecular weight excluding hydrogens is 446 g/mol. The normalized spacial score (nSPS) is 19.8. The number of amides is 1. The Bertz CT molecular complexity index is 1200. The van der Waals surface area contributed by atoms with Gasteiger partial charge in [0.05, 0.1) is 15.9 Å². The van der Waals surface area contributed by atoms with Gasteiger partial charge in [0.1, 0.15) is 5.82 Å². The molecule has 2 saturated heterocycles. The van der Waals surface area contributed by atoms with Crippen molar-refractivity contribution < 1.29 is 4.79 Å². The average Bonchev–Trinajstić information content (AvgIpc) is 3.55. The molecule has 5 heterocycles. The van der Waals surface area contributed by atoms with Crippen molar-refractivity contribution in [3.05, 3.63) is 28.7 Å². The third-order valence-electron chi connectivity index (χ3n) is 7.33. The predicted octanol–water partition coefficient (Wildman–Crippen LogP) is 3.54. The molecule has 1 saturated carbocycles. The largest absolute Gasteiger partial charge is 0.341 e. The number of piperidine rings is 1. The molecule has 0 N–H and O–H groups in total. The lowest BCUT2D eigenvalue weighted by Crippen LogP contribution is -2.48. The Labute approximate surface area is 204 Å². The van der Waals surface area contributed by atoms with Crippen LogP contribution in [-0.2, 0) is 11.3 Å². The summed E-state index contributed by atoms with van der Waals surface area (Å²) in [5, 5.41) is 2.25. The standard InChI is InChI=1S/C25H33N7OS/c1-17-14-32(18(2)26-17)23-22-21(27-25(28-23)31-8-4-3-5-9-31)20(16-34-22)15-29-10-12-30(13-11-29)24(33)19-6-7-19/h14,16,19H,3-13,15H2,1-2H3. The number of carbonyl (C=O) groups is 1. The number of hydrogen-bond acceptors (Lipinski definition) is 7. The van der Waals surface area contributed by atoms with Gasteiger partial charge in [-0.2, -0.15) is 4.98 Å². The van der Waals surface area contributed by atoms with Crippen LogP contribution in [-0.4, -0.2) is 74.5 Å². The number of hydrogen-bond donors (Lipinski definition) is 0. The van der Waals surface area contributed by atoms with Crippen LogP contribution in [0.3, 0.4) is 0 Å². The summed E-state index contributed by atoms with van der Waals surface area (Å²) in [5.41, 5.74) is 3.33. The summed E-state index contributed by atoms with van der Waals surface area (Å²) in [6, 6.07) is 0. The summed E-state index contributed by atoms with van der Waals surface area (Å²) in [6.07, 6.45) is 7.91. The van der Waals surface area contributed by atoms with E-state index >= 15 is 0 Å². The number of carbonyl (C=O) groups excluding carboxylic acids is 1. The fourth-order valence-corrected chi connectivity index (χ4v) is 6.22. The SMILES string of the molecule is Cc1cn(-c2nc(N3CCCCC3)nc3c(CN4CCN(C(=O)C5CC5)CC4)csc23)c(C)n1.